The molecule has 23 heavy (non-hydrogen) atoms. The summed E-state index contributed by atoms with van der Waals surface area (Å²) in [5.41, 5.74) is 0.579. The van der Waals surface area contributed by atoms with Gasteiger partial charge < -0.3 is 15.2 Å². The molecule has 0 unspecified atom stereocenters. The monoisotopic (exact) mass is 356 g/mol. The number of benzene rings is 1. The fourth-order valence-corrected chi connectivity index (χ4v) is 2.09. The summed E-state index contributed by atoms with van der Waals surface area (Å²) in [4.78, 5) is 16.0. The molecule has 6 nitrogen and oxygen atoms in total. The van der Waals surface area contributed by atoms with Gasteiger partial charge in [-0.25, -0.2) is 4.79 Å². The number of halogens is 2. The number of hydrogen-bond donors (Lipinski definition) is 2. The maximum absolute atomic E-state index is 11.8. The molecule has 0 spiro atoms. The number of nitrogens with zero attached hydrogens (tertiary/aromatic N) is 2. The van der Waals surface area contributed by atoms with Gasteiger partial charge in [0.25, 0.3) is 0 Å². The first-order valence-corrected chi connectivity index (χ1v) is 8.03. The summed E-state index contributed by atoms with van der Waals surface area (Å²) in [5.74, 6) is 1.52. The van der Waals surface area contributed by atoms with E-state index in [4.69, 9.17) is 27.7 Å². The van der Waals surface area contributed by atoms with E-state index < -0.39 is 0 Å². The summed E-state index contributed by atoms with van der Waals surface area (Å²) in [6.07, 6.45) is 1.32. The summed E-state index contributed by atoms with van der Waals surface area (Å²) >= 11 is 11.7. The number of aryl methyl sites for hydroxylation is 1. The van der Waals surface area contributed by atoms with Crippen LogP contribution >= 0.6 is 23.2 Å². The first-order valence-electron chi connectivity index (χ1n) is 7.28. The molecule has 2 rings (SSSR count). The minimum Gasteiger partial charge on any atom is -0.339 e. The Balaban J connectivity index is 1.71. The smallest absolute Gasteiger partial charge is 0.319 e. The lowest BCUT2D eigenvalue weighted by Crippen LogP contribution is -2.29. The molecule has 8 heteroatoms. The Morgan fingerprint density at radius 1 is 1.30 bits per heavy atom. The third kappa shape index (κ3) is 5.41. The van der Waals surface area contributed by atoms with E-state index in [1.54, 1.807) is 18.2 Å². The van der Waals surface area contributed by atoms with Gasteiger partial charge in [0.2, 0.25) is 5.89 Å². The average molecular weight is 357 g/mol. The number of hydrogen-bond acceptors (Lipinski definition) is 4. The van der Waals surface area contributed by atoms with Crippen LogP contribution in [0.4, 0.5) is 10.5 Å². The van der Waals surface area contributed by atoms with Gasteiger partial charge >= 0.3 is 6.03 Å². The molecule has 0 saturated carbocycles. The van der Waals surface area contributed by atoms with Crippen LogP contribution in [0.25, 0.3) is 0 Å². The van der Waals surface area contributed by atoms with Gasteiger partial charge in [0.1, 0.15) is 0 Å². The van der Waals surface area contributed by atoms with E-state index in [0.717, 1.165) is 0 Å². The van der Waals surface area contributed by atoms with Crippen molar-refractivity contribution in [2.24, 2.45) is 0 Å². The van der Waals surface area contributed by atoms with Crippen molar-refractivity contribution in [3.05, 3.63) is 40.0 Å². The average Bonchev–Trinajstić information content (AvgIpc) is 2.97. The Morgan fingerprint density at radius 3 is 2.74 bits per heavy atom. The van der Waals surface area contributed by atoms with E-state index in [9.17, 15) is 4.79 Å². The summed E-state index contributed by atoms with van der Waals surface area (Å²) in [6, 6.07) is 4.59. The van der Waals surface area contributed by atoms with Crippen LogP contribution in [-0.4, -0.2) is 22.7 Å². The number of rotatable bonds is 6. The lowest BCUT2D eigenvalue weighted by Gasteiger charge is -2.07. The van der Waals surface area contributed by atoms with E-state index in [1.165, 1.54) is 0 Å². The first-order chi connectivity index (χ1) is 11.0. The fraction of sp³-hybridized carbons (Fsp3) is 0.400. The largest absolute Gasteiger partial charge is 0.339 e. The predicted octanol–water partition coefficient (Wildman–Crippen LogP) is 4.25. The molecule has 2 aromatic rings. The van der Waals surface area contributed by atoms with Gasteiger partial charge in [-0.3, -0.25) is 0 Å². The molecule has 2 N–H and O–H groups in total. The molecule has 1 heterocycles. The van der Waals surface area contributed by atoms with Gasteiger partial charge in [0, 0.05) is 24.6 Å². The van der Waals surface area contributed by atoms with Crippen molar-refractivity contribution >= 4 is 34.9 Å². The number of carbonyl (C=O) groups is 1. The van der Waals surface area contributed by atoms with Crippen molar-refractivity contribution in [2.45, 2.75) is 32.6 Å². The van der Waals surface area contributed by atoms with Crippen LogP contribution in [0.1, 0.15) is 37.9 Å². The molecule has 0 aliphatic rings. The van der Waals surface area contributed by atoms with Crippen molar-refractivity contribution in [1.29, 1.82) is 0 Å². The maximum Gasteiger partial charge on any atom is 0.319 e. The summed E-state index contributed by atoms with van der Waals surface area (Å²) in [6.45, 7) is 4.50. The molecule has 0 radical (unpaired) electrons. The van der Waals surface area contributed by atoms with Crippen LogP contribution in [0.2, 0.25) is 10.0 Å². The number of carbonyl (C=O) groups excluding carboxylic acids is 1. The Bertz CT molecular complexity index is 673. The second kappa shape index (κ2) is 8.17. The highest BCUT2D eigenvalue weighted by Gasteiger charge is 2.09. The van der Waals surface area contributed by atoms with E-state index in [-0.39, 0.29) is 11.9 Å². The highest BCUT2D eigenvalue weighted by molar-refractivity contribution is 6.42. The molecule has 1 aromatic carbocycles. The molecule has 0 bridgehead atoms. The fourth-order valence-electron chi connectivity index (χ4n) is 1.79. The molecule has 0 aliphatic heterocycles. The standard InChI is InChI=1S/C15H18Cl2N4O2/c1-9(2)14-20-13(23-21-14)4-3-7-18-15(22)19-10-5-6-11(16)12(17)8-10/h5-6,8-9H,3-4,7H2,1-2H3,(H2,18,19,22). The van der Waals surface area contributed by atoms with E-state index in [2.05, 4.69) is 20.8 Å². The van der Waals surface area contributed by atoms with Gasteiger partial charge in [0.15, 0.2) is 5.82 Å². The minimum absolute atomic E-state index is 0.239. The Labute approximate surface area is 144 Å². The number of amides is 2. The molecule has 1 aromatic heterocycles. The highest BCUT2D eigenvalue weighted by Crippen LogP contribution is 2.24. The van der Waals surface area contributed by atoms with Crippen LogP contribution in [0.3, 0.4) is 0 Å². The van der Waals surface area contributed by atoms with E-state index in [1.807, 2.05) is 13.8 Å². The second-order valence-electron chi connectivity index (χ2n) is 5.31. The molecule has 0 aliphatic carbocycles. The molecular formula is C15H18Cl2N4O2. The van der Waals surface area contributed by atoms with Crippen LogP contribution in [0, 0.1) is 0 Å². The van der Waals surface area contributed by atoms with Crippen LogP contribution in [-0.2, 0) is 6.42 Å². The Kier molecular flexibility index (Phi) is 6.24. The lowest BCUT2D eigenvalue weighted by molar-refractivity contribution is 0.252. The minimum atomic E-state index is -0.309. The zero-order valence-electron chi connectivity index (χ0n) is 12.9. The molecular weight excluding hydrogens is 339 g/mol. The van der Waals surface area contributed by atoms with Crippen LogP contribution in [0.15, 0.2) is 22.7 Å². The van der Waals surface area contributed by atoms with Crippen LogP contribution < -0.4 is 10.6 Å². The summed E-state index contributed by atoms with van der Waals surface area (Å²) < 4.78 is 5.14. The zero-order chi connectivity index (χ0) is 16.8. The first kappa shape index (κ1) is 17.6. The predicted molar refractivity (Wildman–Crippen MR) is 90.2 cm³/mol. The van der Waals surface area contributed by atoms with E-state index in [0.29, 0.717) is 46.8 Å². The van der Waals surface area contributed by atoms with Crippen molar-refractivity contribution < 1.29 is 9.32 Å². The zero-order valence-corrected chi connectivity index (χ0v) is 14.4. The Hall–Kier alpha value is -1.79. The van der Waals surface area contributed by atoms with Crippen molar-refractivity contribution in [3.8, 4) is 0 Å². The van der Waals surface area contributed by atoms with Crippen LogP contribution in [0.5, 0.6) is 0 Å². The number of anilines is 1. The number of aromatic nitrogens is 2. The number of nitrogens with one attached hydrogen (secondary N) is 2. The van der Waals surface area contributed by atoms with Gasteiger partial charge in [-0.15, -0.1) is 0 Å². The topological polar surface area (TPSA) is 80.0 Å². The summed E-state index contributed by atoms with van der Waals surface area (Å²) in [5, 5.41) is 10.2. The van der Waals surface area contributed by atoms with Gasteiger partial charge in [-0.1, -0.05) is 42.2 Å². The third-order valence-electron chi connectivity index (χ3n) is 3.03. The molecule has 0 fully saturated rings. The molecule has 0 atom stereocenters. The molecule has 2 amide bonds. The van der Waals surface area contributed by atoms with Crippen molar-refractivity contribution in [2.75, 3.05) is 11.9 Å². The molecule has 0 saturated heterocycles. The quantitative estimate of drug-likeness (QED) is 0.758. The van der Waals surface area contributed by atoms with Gasteiger partial charge in [-0.05, 0) is 24.6 Å². The lowest BCUT2D eigenvalue weighted by atomic mass is 10.2. The summed E-state index contributed by atoms with van der Waals surface area (Å²) in [7, 11) is 0. The van der Waals surface area contributed by atoms with Gasteiger partial charge in [0.05, 0.1) is 10.0 Å². The highest BCUT2D eigenvalue weighted by atomic mass is 35.5. The van der Waals surface area contributed by atoms with E-state index >= 15 is 0 Å². The Morgan fingerprint density at radius 2 is 2.09 bits per heavy atom. The molecule has 124 valence electrons. The second-order valence-corrected chi connectivity index (χ2v) is 6.13. The van der Waals surface area contributed by atoms with Crippen molar-refractivity contribution in [1.82, 2.24) is 15.5 Å². The third-order valence-corrected chi connectivity index (χ3v) is 3.77. The number of urea groups is 1. The van der Waals surface area contributed by atoms with Crippen molar-refractivity contribution in [3.63, 3.8) is 0 Å². The SMILES string of the molecule is CC(C)c1noc(CCCNC(=O)Nc2ccc(Cl)c(Cl)c2)n1. The van der Waals surface area contributed by atoms with Gasteiger partial charge in [-0.2, -0.15) is 4.98 Å². The maximum atomic E-state index is 11.8. The normalized spacial score (nSPS) is 10.8.